The van der Waals surface area contributed by atoms with Gasteiger partial charge in [0.15, 0.2) is 11.6 Å². The van der Waals surface area contributed by atoms with E-state index < -0.39 is 0 Å². The number of anilines is 2. The van der Waals surface area contributed by atoms with Crippen LogP contribution in [0, 0.1) is 0 Å². The van der Waals surface area contributed by atoms with Crippen molar-refractivity contribution in [3.8, 4) is 17.1 Å². The topological polar surface area (TPSA) is 90.1 Å². The normalized spacial score (nSPS) is 12.5. The Kier molecular flexibility index (Phi) is 6.22. The number of esters is 1. The molecular weight excluding hydrogens is 420 g/mol. The molecule has 0 spiro atoms. The van der Waals surface area contributed by atoms with Crippen molar-refractivity contribution in [2.24, 2.45) is 5.73 Å². The second kappa shape index (κ2) is 9.04. The molecule has 0 aliphatic carbocycles. The van der Waals surface area contributed by atoms with Crippen molar-refractivity contribution in [1.82, 2.24) is 9.97 Å². The van der Waals surface area contributed by atoms with Crippen LogP contribution < -0.4 is 15.8 Å². The van der Waals surface area contributed by atoms with Crippen molar-refractivity contribution in [3.05, 3.63) is 58.7 Å². The van der Waals surface area contributed by atoms with Crippen molar-refractivity contribution >= 4 is 40.8 Å². The van der Waals surface area contributed by atoms with Crippen LogP contribution in [-0.2, 0) is 17.6 Å². The molecule has 154 valence electrons. The van der Waals surface area contributed by atoms with Gasteiger partial charge in [0.2, 0.25) is 0 Å². The van der Waals surface area contributed by atoms with Crippen molar-refractivity contribution in [3.63, 3.8) is 0 Å². The Hall–Kier alpha value is -2.61. The molecule has 0 unspecified atom stereocenters. The first-order valence-electron chi connectivity index (χ1n) is 9.62. The summed E-state index contributed by atoms with van der Waals surface area (Å²) in [6, 6.07) is 13.0. The van der Waals surface area contributed by atoms with Gasteiger partial charge in [-0.1, -0.05) is 23.7 Å². The van der Waals surface area contributed by atoms with Crippen LogP contribution in [-0.4, -0.2) is 28.2 Å². The summed E-state index contributed by atoms with van der Waals surface area (Å²) in [4.78, 5) is 22.2. The van der Waals surface area contributed by atoms with Crippen LogP contribution in [0.25, 0.3) is 11.4 Å². The van der Waals surface area contributed by atoms with Gasteiger partial charge in [0.05, 0.1) is 16.3 Å². The van der Waals surface area contributed by atoms with Gasteiger partial charge in [0.1, 0.15) is 5.82 Å². The Morgan fingerprint density at radius 2 is 2.10 bits per heavy atom. The number of ether oxygens (including phenoxy) is 1. The van der Waals surface area contributed by atoms with E-state index >= 15 is 0 Å². The highest BCUT2D eigenvalue weighted by molar-refractivity contribution is 7.99. The minimum Gasteiger partial charge on any atom is -0.424 e. The second-order valence-corrected chi connectivity index (χ2v) is 8.37. The Morgan fingerprint density at radius 3 is 2.90 bits per heavy atom. The minimum absolute atomic E-state index is 0.375. The lowest BCUT2D eigenvalue weighted by atomic mass is 10.0. The fraction of sp³-hybridized carbons (Fsp3) is 0.227. The summed E-state index contributed by atoms with van der Waals surface area (Å²) < 4.78 is 5.34. The number of carbonyl (C=O) groups excluding carboxylic acids is 1. The first kappa shape index (κ1) is 20.7. The number of fused-ring (bicyclic) bond motifs is 1. The van der Waals surface area contributed by atoms with E-state index in [0.717, 1.165) is 33.9 Å². The number of carbonyl (C=O) groups is 1. The monoisotopic (exact) mass is 440 g/mol. The number of nitrogens with zero attached hydrogens (tertiary/aromatic N) is 2. The number of para-hydroxylation sites is 2. The summed E-state index contributed by atoms with van der Waals surface area (Å²) in [5.41, 5.74) is 9.41. The van der Waals surface area contributed by atoms with Gasteiger partial charge in [0, 0.05) is 29.7 Å². The molecule has 8 heteroatoms. The number of aryl methyl sites for hydroxylation is 1. The molecule has 0 saturated carbocycles. The molecule has 1 aliphatic heterocycles. The summed E-state index contributed by atoms with van der Waals surface area (Å²) in [6.07, 6.45) is 1.55. The number of hydrogen-bond acceptors (Lipinski definition) is 7. The van der Waals surface area contributed by atoms with E-state index in [1.807, 2.05) is 36.4 Å². The van der Waals surface area contributed by atoms with E-state index in [2.05, 4.69) is 5.32 Å². The number of halogens is 1. The summed E-state index contributed by atoms with van der Waals surface area (Å²) >= 11 is 7.91. The van der Waals surface area contributed by atoms with Crippen molar-refractivity contribution in [1.29, 1.82) is 0 Å². The number of rotatable bonds is 6. The number of nitrogens with one attached hydrogen (secondary N) is 1. The van der Waals surface area contributed by atoms with Gasteiger partial charge in [0.25, 0.3) is 0 Å². The van der Waals surface area contributed by atoms with Gasteiger partial charge in [-0.2, -0.15) is 0 Å². The van der Waals surface area contributed by atoms with Crippen molar-refractivity contribution in [2.75, 3.05) is 17.6 Å². The summed E-state index contributed by atoms with van der Waals surface area (Å²) in [6.45, 7) is 1.89. The third-order valence-corrected chi connectivity index (χ3v) is 6.00. The third kappa shape index (κ3) is 4.43. The molecule has 0 saturated heterocycles. The van der Waals surface area contributed by atoms with Crippen LogP contribution in [0.15, 0.2) is 47.4 Å². The number of benzene rings is 2. The molecule has 0 atom stereocenters. The maximum atomic E-state index is 11.5. The summed E-state index contributed by atoms with van der Waals surface area (Å²) in [5, 5.41) is 4.01. The van der Waals surface area contributed by atoms with Crippen LogP contribution in [0.4, 0.5) is 11.5 Å². The van der Waals surface area contributed by atoms with Crippen LogP contribution in [0.5, 0.6) is 5.75 Å². The molecule has 4 rings (SSSR count). The fourth-order valence-electron chi connectivity index (χ4n) is 3.36. The highest BCUT2D eigenvalue weighted by Gasteiger charge is 2.22. The Labute approximate surface area is 184 Å². The van der Waals surface area contributed by atoms with Gasteiger partial charge in [-0.15, -0.1) is 11.8 Å². The standard InChI is InChI=1S/C22H21ClN4O2S/c1-13(28)29-19-5-3-2-4-17(19)25-22-20-18(9-11-30-20)26-21(27-22)16-7-6-15(23)12-14(16)8-10-24/h2-7,12H,8-11,24H2,1H3,(H,25,26,27). The lowest BCUT2D eigenvalue weighted by molar-refractivity contribution is -0.131. The summed E-state index contributed by atoms with van der Waals surface area (Å²) in [7, 11) is 0. The maximum Gasteiger partial charge on any atom is 0.308 e. The van der Waals surface area contributed by atoms with Gasteiger partial charge in [-0.05, 0) is 48.9 Å². The Balaban J connectivity index is 1.78. The molecule has 0 amide bonds. The lowest BCUT2D eigenvalue weighted by Gasteiger charge is -2.15. The van der Waals surface area contributed by atoms with Crippen LogP contribution >= 0.6 is 23.4 Å². The fourth-order valence-corrected chi connectivity index (χ4v) is 4.60. The van der Waals surface area contributed by atoms with Gasteiger partial charge in [-0.25, -0.2) is 9.97 Å². The third-order valence-electron chi connectivity index (χ3n) is 4.64. The molecule has 30 heavy (non-hydrogen) atoms. The highest BCUT2D eigenvalue weighted by atomic mass is 35.5. The van der Waals surface area contributed by atoms with E-state index in [1.165, 1.54) is 6.92 Å². The van der Waals surface area contributed by atoms with Crippen LogP contribution in [0.1, 0.15) is 18.2 Å². The molecule has 1 aromatic heterocycles. The average Bonchev–Trinajstić information content (AvgIpc) is 3.18. The number of hydrogen-bond donors (Lipinski definition) is 2. The van der Waals surface area contributed by atoms with E-state index in [0.29, 0.717) is 41.1 Å². The van der Waals surface area contributed by atoms with Gasteiger partial charge in [-0.3, -0.25) is 4.79 Å². The number of aromatic nitrogens is 2. The zero-order chi connectivity index (χ0) is 21.1. The maximum absolute atomic E-state index is 11.5. The quantitative estimate of drug-likeness (QED) is 0.427. The first-order chi connectivity index (χ1) is 14.5. The second-order valence-electron chi connectivity index (χ2n) is 6.83. The molecule has 2 aromatic carbocycles. The summed E-state index contributed by atoms with van der Waals surface area (Å²) in [5.74, 6) is 2.36. The van der Waals surface area contributed by atoms with Crippen molar-refractivity contribution in [2.45, 2.75) is 24.7 Å². The largest absolute Gasteiger partial charge is 0.424 e. The highest BCUT2D eigenvalue weighted by Crippen LogP contribution is 2.40. The van der Waals surface area contributed by atoms with Gasteiger partial charge < -0.3 is 15.8 Å². The van der Waals surface area contributed by atoms with Crippen LogP contribution in [0.3, 0.4) is 0 Å². The first-order valence-corrected chi connectivity index (χ1v) is 11.0. The number of nitrogens with two attached hydrogens (primary N) is 1. The molecule has 3 aromatic rings. The van der Waals surface area contributed by atoms with E-state index in [4.69, 9.17) is 32.0 Å². The van der Waals surface area contributed by atoms with Crippen LogP contribution in [0.2, 0.25) is 5.02 Å². The Morgan fingerprint density at radius 1 is 1.27 bits per heavy atom. The van der Waals surface area contributed by atoms with E-state index in [-0.39, 0.29) is 5.97 Å². The van der Waals surface area contributed by atoms with E-state index in [1.54, 1.807) is 17.8 Å². The molecule has 3 N–H and O–H groups in total. The minimum atomic E-state index is -0.375. The molecule has 0 bridgehead atoms. The molecular formula is C22H21ClN4O2S. The average molecular weight is 441 g/mol. The smallest absolute Gasteiger partial charge is 0.308 e. The lowest BCUT2D eigenvalue weighted by Crippen LogP contribution is -2.08. The predicted octanol–water partition coefficient (Wildman–Crippen LogP) is 4.62. The zero-order valence-electron chi connectivity index (χ0n) is 16.4. The van der Waals surface area contributed by atoms with Crippen molar-refractivity contribution < 1.29 is 9.53 Å². The van der Waals surface area contributed by atoms with E-state index in [9.17, 15) is 4.79 Å². The van der Waals surface area contributed by atoms with Gasteiger partial charge >= 0.3 is 5.97 Å². The molecule has 1 aliphatic rings. The molecule has 2 heterocycles. The zero-order valence-corrected chi connectivity index (χ0v) is 18.0. The molecule has 0 radical (unpaired) electrons. The Bertz CT molecular complexity index is 1110. The predicted molar refractivity (Wildman–Crippen MR) is 121 cm³/mol. The molecule has 0 fully saturated rings. The number of thioether (sulfide) groups is 1. The molecule has 6 nitrogen and oxygen atoms in total. The SMILES string of the molecule is CC(=O)Oc1ccccc1Nc1nc(-c2ccc(Cl)cc2CCN)nc2c1SCC2.